The minimum absolute atomic E-state index is 0.0217. The molecule has 4 nitrogen and oxygen atoms in total. The van der Waals surface area contributed by atoms with Gasteiger partial charge >= 0.3 is 5.97 Å². The molecule has 5 heteroatoms. The minimum Gasteiger partial charge on any atom is -0.480 e. The number of carboxylic acids is 1. The fourth-order valence-corrected chi connectivity index (χ4v) is 2.15. The first-order chi connectivity index (χ1) is 6.91. The van der Waals surface area contributed by atoms with Crippen molar-refractivity contribution < 1.29 is 14.7 Å². The van der Waals surface area contributed by atoms with Crippen molar-refractivity contribution in [2.45, 2.75) is 38.0 Å². The summed E-state index contributed by atoms with van der Waals surface area (Å²) in [5.74, 6) is -0.750. The molecule has 0 aliphatic carbocycles. The Labute approximate surface area is 95.1 Å². The largest absolute Gasteiger partial charge is 0.480 e. The molecule has 1 aliphatic rings. The molecule has 0 saturated carbocycles. The summed E-state index contributed by atoms with van der Waals surface area (Å²) in [6, 6.07) is -0.686. The summed E-state index contributed by atoms with van der Waals surface area (Å²) in [6.45, 7) is 4.36. The normalized spacial score (nSPS) is 23.6. The van der Waals surface area contributed by atoms with Crippen LogP contribution in [0.3, 0.4) is 0 Å². The topological polar surface area (TPSA) is 57.6 Å². The van der Waals surface area contributed by atoms with Gasteiger partial charge in [0.25, 0.3) is 0 Å². The Morgan fingerprint density at radius 1 is 1.67 bits per heavy atom. The second kappa shape index (κ2) is 4.88. The number of carbonyl (C=O) groups is 2. The highest BCUT2D eigenvalue weighted by atomic mass is 32.1. The van der Waals surface area contributed by atoms with Gasteiger partial charge in [-0.1, -0.05) is 13.8 Å². The fraction of sp³-hybridized carbons (Fsp3) is 0.800. The van der Waals surface area contributed by atoms with Crippen molar-refractivity contribution in [1.82, 2.24) is 4.90 Å². The van der Waals surface area contributed by atoms with Crippen LogP contribution in [0.25, 0.3) is 0 Å². The molecule has 0 aromatic carbocycles. The van der Waals surface area contributed by atoms with Crippen LogP contribution in [0.4, 0.5) is 0 Å². The summed E-state index contributed by atoms with van der Waals surface area (Å²) in [7, 11) is 0. The van der Waals surface area contributed by atoms with Gasteiger partial charge in [0, 0.05) is 18.2 Å². The molecule has 1 fully saturated rings. The van der Waals surface area contributed by atoms with Crippen LogP contribution in [0.2, 0.25) is 0 Å². The van der Waals surface area contributed by atoms with E-state index in [-0.39, 0.29) is 17.1 Å². The monoisotopic (exact) mass is 231 g/mol. The molecule has 86 valence electrons. The number of hydrogen-bond acceptors (Lipinski definition) is 3. The van der Waals surface area contributed by atoms with Crippen LogP contribution >= 0.6 is 12.6 Å². The molecule has 1 amide bonds. The average Bonchev–Trinajstić information content (AvgIpc) is 2.40. The number of likely N-dealkylation sites (tertiary alicyclic amines) is 1. The van der Waals surface area contributed by atoms with Crippen LogP contribution in [-0.2, 0) is 9.59 Å². The van der Waals surface area contributed by atoms with Crippen molar-refractivity contribution in [3.05, 3.63) is 0 Å². The molecule has 15 heavy (non-hydrogen) atoms. The van der Waals surface area contributed by atoms with Crippen LogP contribution < -0.4 is 0 Å². The van der Waals surface area contributed by atoms with Crippen molar-refractivity contribution in [2.75, 3.05) is 6.54 Å². The number of amides is 1. The maximum absolute atomic E-state index is 11.5. The van der Waals surface area contributed by atoms with E-state index in [1.54, 1.807) is 0 Å². The van der Waals surface area contributed by atoms with Gasteiger partial charge in [0.1, 0.15) is 6.04 Å². The first kappa shape index (κ1) is 12.4. The molecule has 1 aliphatic heterocycles. The Balaban J connectivity index is 2.72. The van der Waals surface area contributed by atoms with Crippen LogP contribution in [0.5, 0.6) is 0 Å². The number of hydrogen-bond donors (Lipinski definition) is 2. The average molecular weight is 231 g/mol. The van der Waals surface area contributed by atoms with Gasteiger partial charge in [-0.05, 0) is 12.3 Å². The van der Waals surface area contributed by atoms with E-state index >= 15 is 0 Å². The van der Waals surface area contributed by atoms with Gasteiger partial charge in [0.2, 0.25) is 5.91 Å². The lowest BCUT2D eigenvalue weighted by Crippen LogP contribution is -2.43. The molecule has 0 aromatic heterocycles. The zero-order valence-electron chi connectivity index (χ0n) is 9.01. The minimum atomic E-state index is -0.917. The van der Waals surface area contributed by atoms with Gasteiger partial charge in [-0.2, -0.15) is 12.6 Å². The number of carboxylic acid groups (broad SMARTS) is 1. The lowest BCUT2D eigenvalue weighted by Gasteiger charge is -2.25. The summed E-state index contributed by atoms with van der Waals surface area (Å²) >= 11 is 4.21. The number of thiol groups is 1. The lowest BCUT2D eigenvalue weighted by atomic mass is 10.0. The predicted molar refractivity (Wildman–Crippen MR) is 60.0 cm³/mol. The highest BCUT2D eigenvalue weighted by Gasteiger charge is 2.36. The third kappa shape index (κ3) is 3.12. The third-order valence-corrected chi connectivity index (χ3v) is 2.84. The van der Waals surface area contributed by atoms with Crippen molar-refractivity contribution in [3.63, 3.8) is 0 Å². The van der Waals surface area contributed by atoms with E-state index in [2.05, 4.69) is 12.6 Å². The number of nitrogens with zero attached hydrogens (tertiary/aromatic N) is 1. The zero-order chi connectivity index (χ0) is 11.6. The molecule has 1 rings (SSSR count). The van der Waals surface area contributed by atoms with E-state index in [4.69, 9.17) is 5.11 Å². The molecule has 2 atom stereocenters. The highest BCUT2D eigenvalue weighted by Crippen LogP contribution is 2.22. The van der Waals surface area contributed by atoms with Crippen LogP contribution in [0.1, 0.15) is 26.7 Å². The molecule has 0 radical (unpaired) electrons. The summed E-state index contributed by atoms with van der Waals surface area (Å²) < 4.78 is 0. The summed E-state index contributed by atoms with van der Waals surface area (Å²) in [4.78, 5) is 24.0. The van der Waals surface area contributed by atoms with E-state index in [9.17, 15) is 9.59 Å². The maximum Gasteiger partial charge on any atom is 0.326 e. The highest BCUT2D eigenvalue weighted by molar-refractivity contribution is 7.81. The number of carbonyl (C=O) groups excluding carboxylic acids is 1. The van der Waals surface area contributed by atoms with Gasteiger partial charge in [-0.25, -0.2) is 4.79 Å². The van der Waals surface area contributed by atoms with Gasteiger partial charge in [0.05, 0.1) is 0 Å². The van der Waals surface area contributed by atoms with Crippen LogP contribution in [0.15, 0.2) is 0 Å². The maximum atomic E-state index is 11.5. The van der Waals surface area contributed by atoms with Crippen molar-refractivity contribution in [2.24, 2.45) is 5.92 Å². The second-order valence-corrected chi connectivity index (χ2v) is 5.12. The Morgan fingerprint density at radius 3 is 2.60 bits per heavy atom. The predicted octanol–water partition coefficient (Wildman–Crippen LogP) is 1.02. The van der Waals surface area contributed by atoms with Crippen molar-refractivity contribution in [3.8, 4) is 0 Å². The molecule has 0 spiro atoms. The van der Waals surface area contributed by atoms with E-state index in [1.165, 1.54) is 4.90 Å². The Morgan fingerprint density at radius 2 is 2.27 bits per heavy atom. The SMILES string of the molecule is CC(C)C[C@@H](C(=O)O)N1CC(S)CC1=O. The zero-order valence-corrected chi connectivity index (χ0v) is 9.91. The lowest BCUT2D eigenvalue weighted by molar-refractivity contribution is -0.149. The molecule has 1 unspecified atom stereocenters. The van der Waals surface area contributed by atoms with Crippen molar-refractivity contribution >= 4 is 24.5 Å². The van der Waals surface area contributed by atoms with Crippen LogP contribution in [-0.4, -0.2) is 39.7 Å². The van der Waals surface area contributed by atoms with Gasteiger partial charge in [-0.15, -0.1) is 0 Å². The molecular formula is C10H17NO3S. The standard InChI is InChI=1S/C10H17NO3S/c1-6(2)3-8(10(13)14)11-5-7(15)4-9(11)12/h6-8,15H,3-5H2,1-2H3,(H,13,14)/t7?,8-/m0/s1. The Hall–Kier alpha value is -0.710. The number of aliphatic carboxylic acids is 1. The molecule has 1 N–H and O–H groups in total. The smallest absolute Gasteiger partial charge is 0.326 e. The summed E-state index contributed by atoms with van der Waals surface area (Å²) in [5.41, 5.74) is 0. The third-order valence-electron chi connectivity index (χ3n) is 2.49. The fourth-order valence-electron chi connectivity index (χ4n) is 1.82. The second-order valence-electron chi connectivity index (χ2n) is 4.39. The molecular weight excluding hydrogens is 214 g/mol. The van der Waals surface area contributed by atoms with Gasteiger partial charge in [0.15, 0.2) is 0 Å². The summed E-state index contributed by atoms with van der Waals surface area (Å²) in [6.07, 6.45) is 0.854. The quantitative estimate of drug-likeness (QED) is 0.710. The number of rotatable bonds is 4. The molecule has 1 saturated heterocycles. The van der Waals surface area contributed by atoms with Crippen LogP contribution in [0, 0.1) is 5.92 Å². The molecule has 1 heterocycles. The van der Waals surface area contributed by atoms with E-state index in [1.807, 2.05) is 13.8 Å². The Bertz CT molecular complexity index is 267. The molecule has 0 bridgehead atoms. The first-order valence-electron chi connectivity index (χ1n) is 5.12. The van der Waals surface area contributed by atoms with E-state index in [0.29, 0.717) is 19.4 Å². The van der Waals surface area contributed by atoms with E-state index < -0.39 is 12.0 Å². The summed E-state index contributed by atoms with van der Waals surface area (Å²) in [5, 5.41) is 9.05. The van der Waals surface area contributed by atoms with Gasteiger partial charge < -0.3 is 10.0 Å². The Kier molecular flexibility index (Phi) is 4.02. The van der Waals surface area contributed by atoms with E-state index in [0.717, 1.165) is 0 Å². The molecule has 0 aromatic rings. The van der Waals surface area contributed by atoms with Gasteiger partial charge in [-0.3, -0.25) is 4.79 Å². The first-order valence-corrected chi connectivity index (χ1v) is 5.63. The van der Waals surface area contributed by atoms with Crippen molar-refractivity contribution in [1.29, 1.82) is 0 Å².